The zero-order valence-electron chi connectivity index (χ0n) is 15.7. The van der Waals surface area contributed by atoms with E-state index in [0.717, 1.165) is 18.2 Å². The summed E-state index contributed by atoms with van der Waals surface area (Å²) >= 11 is 0. The van der Waals surface area contributed by atoms with E-state index in [4.69, 9.17) is 0 Å². The number of likely N-dealkylation sites (N-methyl/N-ethyl adjacent to an activating group) is 1. The lowest BCUT2D eigenvalue weighted by Gasteiger charge is -2.18. The number of rotatable bonds is 7. The Hall–Kier alpha value is -3.16. The highest BCUT2D eigenvalue weighted by atomic mass is 19.4. The second-order valence-corrected chi connectivity index (χ2v) is 6.21. The summed E-state index contributed by atoms with van der Waals surface area (Å²) in [7, 11) is 0. The molecule has 2 amide bonds. The van der Waals surface area contributed by atoms with Gasteiger partial charge in [0, 0.05) is 19.2 Å². The topological polar surface area (TPSA) is 49.4 Å². The summed E-state index contributed by atoms with van der Waals surface area (Å²) in [4.78, 5) is 25.6. The van der Waals surface area contributed by atoms with Crippen LogP contribution in [0.15, 0.2) is 54.6 Å². The van der Waals surface area contributed by atoms with Gasteiger partial charge in [0.05, 0.1) is 12.1 Å². The molecule has 2 aromatic rings. The van der Waals surface area contributed by atoms with E-state index < -0.39 is 23.6 Å². The number of benzene rings is 2. The van der Waals surface area contributed by atoms with Gasteiger partial charge in [0.25, 0.3) is 0 Å². The Morgan fingerprint density at radius 3 is 2.41 bits per heavy atom. The van der Waals surface area contributed by atoms with Crippen LogP contribution in [-0.4, -0.2) is 29.8 Å². The summed E-state index contributed by atoms with van der Waals surface area (Å²) in [5.41, 5.74) is 0.128. The van der Waals surface area contributed by atoms with Crippen molar-refractivity contribution in [2.24, 2.45) is 0 Å². The van der Waals surface area contributed by atoms with E-state index in [1.54, 1.807) is 6.92 Å². The lowest BCUT2D eigenvalue weighted by molar-refractivity contribution is -0.137. The van der Waals surface area contributed by atoms with Gasteiger partial charge < -0.3 is 10.2 Å². The molecule has 0 heterocycles. The molecule has 2 rings (SSSR count). The molecule has 0 radical (unpaired) electrons. The second-order valence-electron chi connectivity index (χ2n) is 6.21. The molecule has 0 spiro atoms. The van der Waals surface area contributed by atoms with E-state index in [2.05, 4.69) is 5.32 Å². The van der Waals surface area contributed by atoms with Crippen molar-refractivity contribution in [3.05, 3.63) is 77.1 Å². The van der Waals surface area contributed by atoms with E-state index >= 15 is 0 Å². The molecule has 0 saturated carbocycles. The molecule has 0 aromatic heterocycles. The molecule has 29 heavy (non-hydrogen) atoms. The number of nitrogens with one attached hydrogen (secondary N) is 1. The maximum Gasteiger partial charge on any atom is 0.416 e. The fraction of sp³-hybridized carbons (Fsp3) is 0.238. The number of amides is 2. The number of hydrogen-bond acceptors (Lipinski definition) is 2. The third kappa shape index (κ3) is 7.06. The average Bonchev–Trinajstić information content (AvgIpc) is 2.69. The predicted molar refractivity (Wildman–Crippen MR) is 101 cm³/mol. The highest BCUT2D eigenvalue weighted by Gasteiger charge is 2.30. The smallest absolute Gasteiger partial charge is 0.350 e. The molecule has 2 aromatic carbocycles. The minimum atomic E-state index is -4.47. The highest BCUT2D eigenvalue weighted by Crippen LogP contribution is 2.29. The number of nitrogens with zero attached hydrogens (tertiary/aromatic N) is 1. The van der Waals surface area contributed by atoms with Crippen molar-refractivity contribution in [1.82, 2.24) is 10.2 Å². The summed E-state index contributed by atoms with van der Waals surface area (Å²) in [6.45, 7) is 1.91. The molecule has 0 unspecified atom stereocenters. The number of alkyl halides is 3. The van der Waals surface area contributed by atoms with Crippen LogP contribution in [0.2, 0.25) is 0 Å². The van der Waals surface area contributed by atoms with Gasteiger partial charge in [0.15, 0.2) is 0 Å². The Balaban J connectivity index is 1.93. The summed E-state index contributed by atoms with van der Waals surface area (Å²) in [5, 5.41) is 2.63. The molecular weight excluding hydrogens is 388 g/mol. The summed E-state index contributed by atoms with van der Waals surface area (Å²) in [5.74, 6) is -1.28. The van der Waals surface area contributed by atoms with Crippen LogP contribution < -0.4 is 5.32 Å². The van der Waals surface area contributed by atoms with Crippen LogP contribution in [0, 0.1) is 5.82 Å². The fourth-order valence-corrected chi connectivity index (χ4v) is 2.47. The van der Waals surface area contributed by atoms with Crippen LogP contribution in [0.4, 0.5) is 17.6 Å². The largest absolute Gasteiger partial charge is 0.416 e. The Kier molecular flexibility index (Phi) is 7.52. The van der Waals surface area contributed by atoms with E-state index in [-0.39, 0.29) is 31.0 Å². The van der Waals surface area contributed by atoms with Crippen LogP contribution in [0.5, 0.6) is 0 Å². The summed E-state index contributed by atoms with van der Waals surface area (Å²) in [6, 6.07) is 10.2. The van der Waals surface area contributed by atoms with Gasteiger partial charge in [-0.15, -0.1) is 0 Å². The predicted octanol–water partition coefficient (Wildman–Crippen LogP) is 4.02. The van der Waals surface area contributed by atoms with E-state index in [1.165, 1.54) is 47.4 Å². The van der Waals surface area contributed by atoms with E-state index in [1.807, 2.05) is 0 Å². The number of halogens is 4. The first-order chi connectivity index (χ1) is 13.7. The molecule has 1 N–H and O–H groups in total. The van der Waals surface area contributed by atoms with Crippen LogP contribution in [-0.2, 0) is 22.3 Å². The molecule has 154 valence electrons. The first-order valence-corrected chi connectivity index (χ1v) is 8.84. The van der Waals surface area contributed by atoms with Crippen molar-refractivity contribution in [2.45, 2.75) is 19.6 Å². The van der Waals surface area contributed by atoms with Gasteiger partial charge in [-0.2, -0.15) is 13.2 Å². The first kappa shape index (κ1) is 22.1. The number of carbonyl (C=O) groups excluding carboxylic acids is 2. The Labute approximate surface area is 165 Å². The lowest BCUT2D eigenvalue weighted by atomic mass is 10.1. The summed E-state index contributed by atoms with van der Waals surface area (Å²) in [6.07, 6.45) is -2.06. The molecule has 0 atom stereocenters. The van der Waals surface area contributed by atoms with Gasteiger partial charge in [0.1, 0.15) is 5.82 Å². The van der Waals surface area contributed by atoms with Gasteiger partial charge in [-0.1, -0.05) is 24.3 Å². The van der Waals surface area contributed by atoms with E-state index in [9.17, 15) is 27.2 Å². The van der Waals surface area contributed by atoms with Gasteiger partial charge in [-0.05, 0) is 48.4 Å². The quantitative estimate of drug-likeness (QED) is 0.556. The van der Waals surface area contributed by atoms with Crippen molar-refractivity contribution in [2.75, 3.05) is 13.1 Å². The van der Waals surface area contributed by atoms with Crippen LogP contribution in [0.25, 0.3) is 6.08 Å². The number of carbonyl (C=O) groups is 2. The van der Waals surface area contributed by atoms with Crippen LogP contribution in [0.3, 0.4) is 0 Å². The lowest BCUT2D eigenvalue weighted by Crippen LogP contribution is -2.39. The Morgan fingerprint density at radius 2 is 1.79 bits per heavy atom. The minimum absolute atomic E-state index is 0.185. The van der Waals surface area contributed by atoms with Crippen molar-refractivity contribution in [1.29, 1.82) is 0 Å². The average molecular weight is 408 g/mol. The molecule has 0 saturated heterocycles. The molecule has 0 fully saturated rings. The normalized spacial score (nSPS) is 11.5. The molecule has 8 heteroatoms. The molecule has 4 nitrogen and oxygen atoms in total. The SMILES string of the molecule is CCN(CC(=O)NCc1ccc(F)cc1)C(=O)/C=C/c1cccc(C(F)(F)F)c1. The van der Waals surface area contributed by atoms with Gasteiger partial charge in [-0.25, -0.2) is 4.39 Å². The van der Waals surface area contributed by atoms with Crippen molar-refractivity contribution in [3.63, 3.8) is 0 Å². The molecule has 0 aliphatic carbocycles. The van der Waals surface area contributed by atoms with Gasteiger partial charge in [0.2, 0.25) is 11.8 Å². The summed E-state index contributed by atoms with van der Waals surface area (Å²) < 4.78 is 51.1. The van der Waals surface area contributed by atoms with Crippen molar-refractivity contribution < 1.29 is 27.2 Å². The fourth-order valence-electron chi connectivity index (χ4n) is 2.47. The molecular formula is C21H20F4N2O2. The minimum Gasteiger partial charge on any atom is -0.350 e. The second kappa shape index (κ2) is 9.86. The Morgan fingerprint density at radius 1 is 1.10 bits per heavy atom. The van der Waals surface area contributed by atoms with Crippen molar-refractivity contribution >= 4 is 17.9 Å². The zero-order valence-corrected chi connectivity index (χ0v) is 15.7. The standard InChI is InChI=1S/C21H20F4N2O2/c1-2-27(14-19(28)26-13-16-6-9-18(22)10-7-16)20(29)11-8-15-4-3-5-17(12-15)21(23,24)25/h3-12H,2,13-14H2,1H3,(H,26,28)/b11-8+. The van der Waals surface area contributed by atoms with Crippen LogP contribution in [0.1, 0.15) is 23.6 Å². The first-order valence-electron chi connectivity index (χ1n) is 8.84. The highest BCUT2D eigenvalue weighted by molar-refractivity contribution is 5.94. The number of hydrogen-bond donors (Lipinski definition) is 1. The molecule has 0 aliphatic heterocycles. The van der Waals surface area contributed by atoms with Crippen molar-refractivity contribution in [3.8, 4) is 0 Å². The zero-order chi connectivity index (χ0) is 21.4. The maximum absolute atomic E-state index is 12.9. The third-order valence-electron chi connectivity index (χ3n) is 4.06. The maximum atomic E-state index is 12.9. The van der Waals surface area contributed by atoms with Gasteiger partial charge >= 0.3 is 6.18 Å². The van der Waals surface area contributed by atoms with Gasteiger partial charge in [-0.3, -0.25) is 9.59 Å². The Bertz CT molecular complexity index is 877. The molecule has 0 aliphatic rings. The monoisotopic (exact) mass is 408 g/mol. The third-order valence-corrected chi connectivity index (χ3v) is 4.06. The molecule has 0 bridgehead atoms. The van der Waals surface area contributed by atoms with E-state index in [0.29, 0.717) is 5.56 Å². The van der Waals surface area contributed by atoms with Crippen LogP contribution >= 0.6 is 0 Å².